The molecule has 3 saturated heterocycles. The van der Waals surface area contributed by atoms with E-state index >= 15 is 0 Å². The van der Waals surface area contributed by atoms with Gasteiger partial charge in [0, 0.05) is 49.2 Å². The average Bonchev–Trinajstić information content (AvgIpc) is 3.22. The van der Waals surface area contributed by atoms with Crippen LogP contribution in [0.1, 0.15) is 41.4 Å². The third kappa shape index (κ3) is 4.20. The molecule has 8 nitrogen and oxygen atoms in total. The summed E-state index contributed by atoms with van der Waals surface area (Å²) in [4.78, 5) is 25.5. The quantitative estimate of drug-likeness (QED) is 0.707. The van der Waals surface area contributed by atoms with Crippen LogP contribution in [0.4, 0.5) is 4.39 Å². The lowest BCUT2D eigenvalue weighted by Crippen LogP contribution is -2.46. The average molecular weight is 474 g/mol. The Morgan fingerprint density at radius 3 is 2.76 bits per heavy atom. The van der Waals surface area contributed by atoms with Gasteiger partial charge < -0.3 is 20.2 Å². The van der Waals surface area contributed by atoms with Crippen molar-refractivity contribution in [2.75, 3.05) is 20.1 Å². The summed E-state index contributed by atoms with van der Waals surface area (Å²) in [6.07, 6.45) is 4.35. The van der Waals surface area contributed by atoms with Crippen molar-refractivity contribution in [1.82, 2.24) is 19.8 Å². The Labute approximate surface area is 195 Å². The number of aromatic nitrogens is 2. The second-order valence-electron chi connectivity index (χ2n) is 9.06. The summed E-state index contributed by atoms with van der Waals surface area (Å²) < 4.78 is 20.3. The van der Waals surface area contributed by atoms with Gasteiger partial charge in [0.2, 0.25) is 0 Å². The SMILES string of the molecule is CN1C2CC(Oc3cc(F)ccc3C(=O)N3CC(=N)C(c4ncc(Cl)cn4)C3)CC1C(O)C2. The molecular weight excluding hydrogens is 449 g/mol. The number of carbonyl (C=O) groups is 1. The predicted octanol–water partition coefficient (Wildman–Crippen LogP) is 2.50. The number of benzene rings is 1. The number of aliphatic hydroxyl groups excluding tert-OH is 1. The Morgan fingerprint density at radius 2 is 2.03 bits per heavy atom. The second-order valence-corrected chi connectivity index (χ2v) is 9.50. The number of nitrogens with zero attached hydrogens (tertiary/aromatic N) is 4. The van der Waals surface area contributed by atoms with E-state index in [4.69, 9.17) is 21.7 Å². The first kappa shape index (κ1) is 22.2. The lowest BCUT2D eigenvalue weighted by molar-refractivity contribution is 0.0393. The molecule has 5 rings (SSSR count). The Morgan fingerprint density at radius 1 is 1.27 bits per heavy atom. The van der Waals surface area contributed by atoms with Gasteiger partial charge in [-0.1, -0.05) is 11.6 Å². The van der Waals surface area contributed by atoms with Crippen molar-refractivity contribution in [2.45, 2.75) is 49.5 Å². The fourth-order valence-corrected chi connectivity index (χ4v) is 5.32. The number of carbonyl (C=O) groups excluding carboxylic acids is 1. The summed E-state index contributed by atoms with van der Waals surface area (Å²) in [5, 5.41) is 19.0. The molecule has 1 aromatic carbocycles. The van der Waals surface area contributed by atoms with Crippen LogP contribution in [0.2, 0.25) is 5.02 Å². The summed E-state index contributed by atoms with van der Waals surface area (Å²) in [6, 6.07) is 4.12. The van der Waals surface area contributed by atoms with Crippen molar-refractivity contribution in [3.05, 3.63) is 52.8 Å². The first-order valence-electron chi connectivity index (χ1n) is 11.0. The normalized spacial score (nSPS) is 29.5. The smallest absolute Gasteiger partial charge is 0.257 e. The molecule has 0 spiro atoms. The molecule has 0 radical (unpaired) electrons. The fraction of sp³-hybridized carbons (Fsp3) is 0.478. The number of piperidine rings is 1. The number of aliphatic hydroxyl groups is 1. The summed E-state index contributed by atoms with van der Waals surface area (Å²) >= 11 is 5.86. The second kappa shape index (κ2) is 8.62. The Hall–Kier alpha value is -2.62. The van der Waals surface area contributed by atoms with Crippen LogP contribution in [0.5, 0.6) is 5.75 Å². The molecule has 2 bridgehead atoms. The lowest BCUT2D eigenvalue weighted by atomic mass is 10.00. The summed E-state index contributed by atoms with van der Waals surface area (Å²) in [7, 11) is 2.00. The molecular formula is C23H25ClFN5O3. The van der Waals surface area contributed by atoms with Gasteiger partial charge in [-0.2, -0.15) is 0 Å². The van der Waals surface area contributed by atoms with Gasteiger partial charge in [0.25, 0.3) is 5.91 Å². The minimum Gasteiger partial charge on any atom is -0.489 e. The van der Waals surface area contributed by atoms with Crippen LogP contribution in [0.15, 0.2) is 30.6 Å². The van der Waals surface area contributed by atoms with Crippen LogP contribution < -0.4 is 4.74 Å². The third-order valence-electron chi connectivity index (χ3n) is 6.99. The maximum absolute atomic E-state index is 14.1. The number of likely N-dealkylation sites (tertiary alicyclic amines) is 1. The van der Waals surface area contributed by atoms with E-state index in [1.807, 2.05) is 7.05 Å². The molecule has 3 aliphatic rings. The summed E-state index contributed by atoms with van der Waals surface area (Å²) in [5.74, 6) is -0.597. The van der Waals surface area contributed by atoms with Gasteiger partial charge in [0.15, 0.2) is 0 Å². The minimum atomic E-state index is -0.487. The topological polar surface area (TPSA) is 103 Å². The molecule has 1 aromatic heterocycles. The van der Waals surface area contributed by atoms with Gasteiger partial charge in [0.1, 0.15) is 23.5 Å². The number of halogens is 2. The number of fused-ring (bicyclic) bond motifs is 2. The van der Waals surface area contributed by atoms with Gasteiger partial charge in [-0.3, -0.25) is 9.69 Å². The van der Waals surface area contributed by atoms with E-state index in [0.29, 0.717) is 35.8 Å². The molecule has 4 heterocycles. The van der Waals surface area contributed by atoms with Crippen LogP contribution >= 0.6 is 11.6 Å². The van der Waals surface area contributed by atoms with E-state index in [0.717, 1.165) is 0 Å². The highest BCUT2D eigenvalue weighted by Crippen LogP contribution is 2.37. The molecule has 5 atom stereocenters. The largest absolute Gasteiger partial charge is 0.489 e. The van der Waals surface area contributed by atoms with Crippen molar-refractivity contribution in [1.29, 1.82) is 5.41 Å². The Kier molecular flexibility index (Phi) is 5.80. The molecule has 5 unspecified atom stereocenters. The van der Waals surface area contributed by atoms with E-state index in [1.54, 1.807) is 0 Å². The Bertz CT molecular complexity index is 1080. The molecule has 3 aliphatic heterocycles. The maximum atomic E-state index is 14.1. The number of hydrogen-bond acceptors (Lipinski definition) is 7. The summed E-state index contributed by atoms with van der Waals surface area (Å²) in [6.45, 7) is 0.386. The van der Waals surface area contributed by atoms with Crippen molar-refractivity contribution in [3.8, 4) is 5.75 Å². The molecule has 1 amide bonds. The number of likely N-dealkylation sites (N-methyl/N-ethyl adjacent to an activating group) is 1. The van der Waals surface area contributed by atoms with Crippen molar-refractivity contribution in [3.63, 3.8) is 0 Å². The zero-order valence-electron chi connectivity index (χ0n) is 18.1. The van der Waals surface area contributed by atoms with Crippen molar-refractivity contribution < 1.29 is 19.0 Å². The molecule has 2 aromatic rings. The standard InChI is InChI=1S/C23H25ClFN5O3/c1-29-14-5-15(7-19(29)20(31)6-14)33-21-4-13(25)2-3-16(21)23(32)30-10-17(18(26)11-30)22-27-8-12(24)9-28-22/h2-4,8-9,14-15,17,19-20,26,31H,5-7,10-11H2,1H3. The molecule has 33 heavy (non-hydrogen) atoms. The zero-order valence-corrected chi connectivity index (χ0v) is 18.9. The van der Waals surface area contributed by atoms with E-state index in [-0.39, 0.29) is 48.5 Å². The van der Waals surface area contributed by atoms with Crippen LogP contribution in [0.25, 0.3) is 0 Å². The van der Waals surface area contributed by atoms with Crippen molar-refractivity contribution in [2.24, 2.45) is 0 Å². The molecule has 3 fully saturated rings. The first-order valence-corrected chi connectivity index (χ1v) is 11.4. The maximum Gasteiger partial charge on any atom is 0.257 e. The fourth-order valence-electron chi connectivity index (χ4n) is 5.22. The lowest BCUT2D eigenvalue weighted by Gasteiger charge is -2.36. The predicted molar refractivity (Wildman–Crippen MR) is 119 cm³/mol. The summed E-state index contributed by atoms with van der Waals surface area (Å²) in [5.41, 5.74) is 0.588. The van der Waals surface area contributed by atoms with Crippen LogP contribution in [-0.2, 0) is 0 Å². The molecule has 0 saturated carbocycles. The minimum absolute atomic E-state index is 0.000601. The van der Waals surface area contributed by atoms with E-state index < -0.39 is 17.8 Å². The number of ether oxygens (including phenoxy) is 1. The third-order valence-corrected chi connectivity index (χ3v) is 7.18. The number of rotatable bonds is 4. The highest BCUT2D eigenvalue weighted by molar-refractivity contribution is 6.30. The van der Waals surface area contributed by atoms with E-state index in [9.17, 15) is 14.3 Å². The van der Waals surface area contributed by atoms with Gasteiger partial charge in [-0.05, 0) is 32.0 Å². The molecule has 10 heteroatoms. The highest BCUT2D eigenvalue weighted by atomic mass is 35.5. The molecule has 2 N–H and O–H groups in total. The van der Waals surface area contributed by atoms with E-state index in [2.05, 4.69) is 14.9 Å². The van der Waals surface area contributed by atoms with Crippen LogP contribution in [-0.4, -0.2) is 80.9 Å². The van der Waals surface area contributed by atoms with Gasteiger partial charge in [0.05, 0.1) is 29.2 Å². The first-order chi connectivity index (χ1) is 15.8. The zero-order chi connectivity index (χ0) is 23.3. The highest BCUT2D eigenvalue weighted by Gasteiger charge is 2.45. The van der Waals surface area contributed by atoms with Gasteiger partial charge >= 0.3 is 0 Å². The van der Waals surface area contributed by atoms with Crippen LogP contribution in [0, 0.1) is 11.2 Å². The Balaban J connectivity index is 1.34. The van der Waals surface area contributed by atoms with Crippen molar-refractivity contribution >= 4 is 23.2 Å². The van der Waals surface area contributed by atoms with Gasteiger partial charge in [-0.25, -0.2) is 14.4 Å². The number of amides is 1. The monoisotopic (exact) mass is 473 g/mol. The molecule has 174 valence electrons. The van der Waals surface area contributed by atoms with E-state index in [1.165, 1.54) is 35.5 Å². The van der Waals surface area contributed by atoms with Gasteiger partial charge in [-0.15, -0.1) is 0 Å². The van der Waals surface area contributed by atoms with Crippen LogP contribution in [0.3, 0.4) is 0 Å². The molecule has 0 aliphatic carbocycles. The number of hydrogen-bond donors (Lipinski definition) is 2. The number of nitrogens with one attached hydrogen (secondary N) is 1.